The van der Waals surface area contributed by atoms with Gasteiger partial charge in [0, 0.05) is 18.8 Å². The molecule has 0 saturated carbocycles. The summed E-state index contributed by atoms with van der Waals surface area (Å²) in [6.45, 7) is 6.54. The number of methoxy groups -OCH3 is 1. The fourth-order valence-electron chi connectivity index (χ4n) is 2.78. The molecular formula is C20H27N7O4. The number of nitrogens with zero attached hydrogens (tertiary/aromatic N) is 5. The van der Waals surface area contributed by atoms with Crippen LogP contribution in [0.2, 0.25) is 0 Å². The van der Waals surface area contributed by atoms with E-state index in [1.54, 1.807) is 37.8 Å². The number of hydrogen-bond donors (Lipinski definition) is 2. The highest BCUT2D eigenvalue weighted by atomic mass is 16.7. The van der Waals surface area contributed by atoms with E-state index in [0.717, 1.165) is 18.4 Å². The number of carbonyl (C=O) groups is 1. The van der Waals surface area contributed by atoms with Crippen molar-refractivity contribution in [3.05, 3.63) is 23.9 Å². The lowest BCUT2D eigenvalue weighted by Crippen LogP contribution is -2.18. The van der Waals surface area contributed by atoms with Crippen molar-refractivity contribution in [2.24, 2.45) is 0 Å². The van der Waals surface area contributed by atoms with E-state index in [9.17, 15) is 4.79 Å². The molecule has 3 rings (SSSR count). The molecule has 0 spiro atoms. The fraction of sp³-hybridized carbons (Fsp3) is 0.450. The molecule has 0 amide bonds. The summed E-state index contributed by atoms with van der Waals surface area (Å²) in [5, 5.41) is 3.16. The highest BCUT2D eigenvalue weighted by Crippen LogP contribution is 2.26. The number of fused-ring (bicyclic) bond motifs is 1. The van der Waals surface area contributed by atoms with E-state index in [2.05, 4.69) is 32.2 Å². The van der Waals surface area contributed by atoms with Crippen molar-refractivity contribution in [3.8, 4) is 11.9 Å². The van der Waals surface area contributed by atoms with Crippen molar-refractivity contribution in [2.45, 2.75) is 46.3 Å². The third kappa shape index (κ3) is 5.50. The number of pyridine rings is 1. The first-order valence-corrected chi connectivity index (χ1v) is 10.1. The Morgan fingerprint density at radius 2 is 2.06 bits per heavy atom. The molecule has 0 aliphatic heterocycles. The summed E-state index contributed by atoms with van der Waals surface area (Å²) in [6, 6.07) is 3.59. The Hall–Kier alpha value is -3.63. The highest BCUT2D eigenvalue weighted by molar-refractivity contribution is 5.84. The van der Waals surface area contributed by atoms with Crippen LogP contribution in [-0.4, -0.2) is 50.4 Å². The minimum Gasteiger partial charge on any atom is -0.481 e. The first-order valence-electron chi connectivity index (χ1n) is 10.1. The first-order chi connectivity index (χ1) is 14.9. The van der Waals surface area contributed by atoms with E-state index in [4.69, 9.17) is 19.9 Å². The normalized spacial score (nSPS) is 11.0. The van der Waals surface area contributed by atoms with Gasteiger partial charge in [0.05, 0.1) is 19.8 Å². The summed E-state index contributed by atoms with van der Waals surface area (Å²) in [5.41, 5.74) is 7.69. The van der Waals surface area contributed by atoms with Crippen molar-refractivity contribution in [3.63, 3.8) is 0 Å². The van der Waals surface area contributed by atoms with Crippen LogP contribution >= 0.6 is 0 Å². The van der Waals surface area contributed by atoms with E-state index in [0.29, 0.717) is 29.5 Å². The van der Waals surface area contributed by atoms with E-state index in [-0.39, 0.29) is 24.5 Å². The Balaban J connectivity index is 2.01. The molecule has 3 aromatic heterocycles. The maximum atomic E-state index is 12.1. The van der Waals surface area contributed by atoms with Gasteiger partial charge in [-0.3, -0.25) is 4.57 Å². The lowest BCUT2D eigenvalue weighted by atomic mass is 10.3. The number of hydrogen-bond acceptors (Lipinski definition) is 10. The van der Waals surface area contributed by atoms with Crippen molar-refractivity contribution >= 4 is 29.1 Å². The number of nitrogen functional groups attached to an aromatic ring is 1. The maximum Gasteiger partial charge on any atom is 0.516 e. The number of aromatic nitrogens is 5. The largest absolute Gasteiger partial charge is 0.516 e. The number of nitrogens with two attached hydrogens (primary N) is 1. The highest BCUT2D eigenvalue weighted by Gasteiger charge is 2.21. The average Bonchev–Trinajstić information content (AvgIpc) is 3.06. The summed E-state index contributed by atoms with van der Waals surface area (Å²) >= 11 is 0. The lowest BCUT2D eigenvalue weighted by Gasteiger charge is -2.11. The van der Waals surface area contributed by atoms with E-state index >= 15 is 0 Å². The molecule has 31 heavy (non-hydrogen) atoms. The van der Waals surface area contributed by atoms with Crippen molar-refractivity contribution < 1.29 is 19.0 Å². The van der Waals surface area contributed by atoms with Crippen LogP contribution in [0.1, 0.15) is 39.2 Å². The summed E-state index contributed by atoms with van der Waals surface area (Å²) in [7, 11) is 1.55. The number of carbonyl (C=O) groups excluding carboxylic acids is 1. The number of imidazole rings is 1. The predicted molar refractivity (Wildman–Crippen MR) is 115 cm³/mol. The Morgan fingerprint density at radius 1 is 1.26 bits per heavy atom. The standard InChI is InChI=1S/C20H27N7O4/c1-5-6-9-22-18-25-16(21)15-17(26-18)27(11-13-7-8-14(29-4)23-10-13)19(24-15)31-20(28)30-12(2)3/h7-8,10,12H,5-6,9,11H2,1-4H3,(H3,21,22,25,26). The Labute approximate surface area is 180 Å². The van der Waals surface area contributed by atoms with Crippen LogP contribution in [0.3, 0.4) is 0 Å². The van der Waals surface area contributed by atoms with Crippen LogP contribution < -0.4 is 20.5 Å². The zero-order chi connectivity index (χ0) is 22.4. The van der Waals surface area contributed by atoms with Gasteiger partial charge in [-0.2, -0.15) is 15.0 Å². The fourth-order valence-corrected chi connectivity index (χ4v) is 2.78. The molecule has 0 unspecified atom stereocenters. The molecule has 166 valence electrons. The molecule has 11 nitrogen and oxygen atoms in total. The Morgan fingerprint density at radius 3 is 2.71 bits per heavy atom. The quantitative estimate of drug-likeness (QED) is 0.385. The molecular weight excluding hydrogens is 402 g/mol. The zero-order valence-corrected chi connectivity index (χ0v) is 18.1. The third-order valence-corrected chi connectivity index (χ3v) is 4.25. The molecule has 0 radical (unpaired) electrons. The molecule has 0 bridgehead atoms. The molecule has 11 heteroatoms. The third-order valence-electron chi connectivity index (χ3n) is 4.25. The molecule has 3 N–H and O–H groups in total. The summed E-state index contributed by atoms with van der Waals surface area (Å²) in [5.74, 6) is 1.05. The van der Waals surface area contributed by atoms with Crippen LogP contribution in [0, 0.1) is 0 Å². The molecule has 0 saturated heterocycles. The number of anilines is 2. The molecule has 3 aromatic rings. The van der Waals surface area contributed by atoms with Crippen LogP contribution in [-0.2, 0) is 11.3 Å². The van der Waals surface area contributed by atoms with Crippen LogP contribution in [0.15, 0.2) is 18.3 Å². The van der Waals surface area contributed by atoms with Gasteiger partial charge >= 0.3 is 12.2 Å². The molecule has 0 aliphatic carbocycles. The Bertz CT molecular complexity index is 1030. The second-order valence-electron chi connectivity index (χ2n) is 7.09. The van der Waals surface area contributed by atoms with Crippen molar-refractivity contribution in [1.29, 1.82) is 0 Å². The Kier molecular flexibility index (Phi) is 7.06. The minimum atomic E-state index is -0.868. The maximum absolute atomic E-state index is 12.1. The van der Waals surface area contributed by atoms with Crippen LogP contribution in [0.5, 0.6) is 11.9 Å². The number of rotatable bonds is 9. The summed E-state index contributed by atoms with van der Waals surface area (Å²) in [6.07, 6.45) is 2.45. The van der Waals surface area contributed by atoms with Gasteiger partial charge in [-0.1, -0.05) is 19.4 Å². The lowest BCUT2D eigenvalue weighted by molar-refractivity contribution is 0.0691. The molecule has 0 fully saturated rings. The zero-order valence-electron chi connectivity index (χ0n) is 18.1. The average molecular weight is 429 g/mol. The number of unbranched alkanes of at least 4 members (excludes halogenated alkanes) is 1. The molecule has 3 heterocycles. The molecule has 0 aromatic carbocycles. The van der Waals surface area contributed by atoms with Gasteiger partial charge < -0.3 is 25.3 Å². The van der Waals surface area contributed by atoms with Crippen molar-refractivity contribution in [2.75, 3.05) is 24.7 Å². The topological polar surface area (TPSA) is 139 Å². The second kappa shape index (κ2) is 9.92. The minimum absolute atomic E-state index is 0.00294. The SMILES string of the molecule is CCCCNc1nc(N)c2nc(OC(=O)OC(C)C)n(Cc3ccc(OC)nc3)c2n1. The monoisotopic (exact) mass is 429 g/mol. The summed E-state index contributed by atoms with van der Waals surface area (Å²) < 4.78 is 17.2. The van der Waals surface area contributed by atoms with Crippen LogP contribution in [0.4, 0.5) is 16.6 Å². The second-order valence-corrected chi connectivity index (χ2v) is 7.09. The van der Waals surface area contributed by atoms with E-state index in [1.165, 1.54) is 0 Å². The van der Waals surface area contributed by atoms with E-state index in [1.807, 2.05) is 6.07 Å². The molecule has 0 aliphatic rings. The predicted octanol–water partition coefficient (Wildman–Crippen LogP) is 3.00. The van der Waals surface area contributed by atoms with Gasteiger partial charge in [-0.05, 0) is 25.8 Å². The summed E-state index contributed by atoms with van der Waals surface area (Å²) in [4.78, 5) is 29.5. The van der Waals surface area contributed by atoms with Gasteiger partial charge in [0.15, 0.2) is 17.0 Å². The van der Waals surface area contributed by atoms with Gasteiger partial charge in [-0.25, -0.2) is 9.78 Å². The number of ether oxygens (including phenoxy) is 3. The number of nitrogens with one attached hydrogen (secondary N) is 1. The van der Waals surface area contributed by atoms with Crippen molar-refractivity contribution in [1.82, 2.24) is 24.5 Å². The van der Waals surface area contributed by atoms with Gasteiger partial charge in [0.1, 0.15) is 0 Å². The van der Waals surface area contributed by atoms with Gasteiger partial charge in [-0.15, -0.1) is 0 Å². The smallest absolute Gasteiger partial charge is 0.481 e. The molecule has 0 atom stereocenters. The van der Waals surface area contributed by atoms with E-state index < -0.39 is 6.16 Å². The van der Waals surface area contributed by atoms with Gasteiger partial charge in [0.25, 0.3) is 0 Å². The van der Waals surface area contributed by atoms with Gasteiger partial charge in [0.2, 0.25) is 11.8 Å². The van der Waals surface area contributed by atoms with Crippen LogP contribution in [0.25, 0.3) is 11.2 Å². The first kappa shape index (κ1) is 22.1.